The summed E-state index contributed by atoms with van der Waals surface area (Å²) in [7, 11) is 0. The van der Waals surface area contributed by atoms with Crippen LogP contribution in [0.25, 0.3) is 0 Å². The Balaban J connectivity index is 1.60. The number of fused-ring (bicyclic) bond motifs is 2. The van der Waals surface area contributed by atoms with Crippen LogP contribution in [0, 0.1) is 29.6 Å². The predicted molar refractivity (Wildman–Crippen MR) is 63.5 cm³/mol. The highest BCUT2D eigenvalue weighted by Crippen LogP contribution is 2.55. The lowest BCUT2D eigenvalue weighted by Gasteiger charge is -2.30. The Kier molecular flexibility index (Phi) is 2.83. The van der Waals surface area contributed by atoms with Crippen molar-refractivity contribution in [3.05, 3.63) is 0 Å². The van der Waals surface area contributed by atoms with Crippen molar-refractivity contribution in [2.24, 2.45) is 29.6 Å². The van der Waals surface area contributed by atoms with E-state index in [2.05, 4.69) is 13.8 Å². The number of carbonyl (C=O) groups is 2. The van der Waals surface area contributed by atoms with E-state index in [0.29, 0.717) is 17.8 Å². The van der Waals surface area contributed by atoms with Crippen LogP contribution in [-0.2, 0) is 19.1 Å². The fourth-order valence-electron chi connectivity index (χ4n) is 4.03. The third-order valence-corrected chi connectivity index (χ3v) is 5.31. The van der Waals surface area contributed by atoms with Crippen LogP contribution in [0.15, 0.2) is 0 Å². The zero-order valence-electron chi connectivity index (χ0n) is 10.9. The second-order valence-corrected chi connectivity index (χ2v) is 6.17. The predicted octanol–water partition coefficient (Wildman–Crippen LogP) is 1.77. The van der Waals surface area contributed by atoms with Gasteiger partial charge in [0.1, 0.15) is 12.7 Å². The highest BCUT2D eigenvalue weighted by Gasteiger charge is 2.52. The first kappa shape index (κ1) is 12.0. The van der Waals surface area contributed by atoms with Crippen LogP contribution in [0.4, 0.5) is 0 Å². The molecule has 0 radical (unpaired) electrons. The van der Waals surface area contributed by atoms with E-state index in [0.717, 1.165) is 12.3 Å². The normalized spacial score (nSPS) is 46.2. The molecule has 6 unspecified atom stereocenters. The van der Waals surface area contributed by atoms with Crippen molar-refractivity contribution in [2.45, 2.75) is 39.2 Å². The number of rotatable bonds is 2. The van der Waals surface area contributed by atoms with E-state index in [4.69, 9.17) is 9.47 Å². The van der Waals surface area contributed by atoms with E-state index >= 15 is 0 Å². The van der Waals surface area contributed by atoms with Gasteiger partial charge < -0.3 is 9.47 Å². The zero-order chi connectivity index (χ0) is 12.9. The molecule has 0 aromatic rings. The van der Waals surface area contributed by atoms with Crippen molar-refractivity contribution in [3.63, 3.8) is 0 Å². The third kappa shape index (κ3) is 1.82. The maximum absolute atomic E-state index is 12.2. The van der Waals surface area contributed by atoms with Crippen molar-refractivity contribution in [1.82, 2.24) is 0 Å². The topological polar surface area (TPSA) is 52.6 Å². The summed E-state index contributed by atoms with van der Waals surface area (Å²) < 4.78 is 10.2. The summed E-state index contributed by atoms with van der Waals surface area (Å²) in [5.41, 5.74) is 0. The zero-order valence-corrected chi connectivity index (χ0v) is 10.9. The Morgan fingerprint density at radius 1 is 1.28 bits per heavy atom. The van der Waals surface area contributed by atoms with Gasteiger partial charge in [-0.05, 0) is 36.5 Å². The second-order valence-electron chi connectivity index (χ2n) is 6.17. The highest BCUT2D eigenvalue weighted by atomic mass is 16.6. The molecule has 2 aliphatic carbocycles. The van der Waals surface area contributed by atoms with Gasteiger partial charge in [-0.3, -0.25) is 9.59 Å². The summed E-state index contributed by atoms with van der Waals surface area (Å²) in [6, 6.07) is 0. The van der Waals surface area contributed by atoms with Crippen molar-refractivity contribution in [3.8, 4) is 0 Å². The maximum Gasteiger partial charge on any atom is 0.309 e. The Morgan fingerprint density at radius 3 is 2.61 bits per heavy atom. The number of hydrogen-bond donors (Lipinski definition) is 0. The van der Waals surface area contributed by atoms with E-state index in [-0.39, 0.29) is 37.0 Å². The molecule has 6 atom stereocenters. The summed E-state index contributed by atoms with van der Waals surface area (Å²) >= 11 is 0. The van der Waals surface area contributed by atoms with Crippen LogP contribution in [0.3, 0.4) is 0 Å². The molecule has 0 aromatic carbocycles. The molecule has 2 saturated carbocycles. The maximum atomic E-state index is 12.2. The minimum Gasteiger partial charge on any atom is -0.462 e. The molecule has 18 heavy (non-hydrogen) atoms. The summed E-state index contributed by atoms with van der Waals surface area (Å²) in [5, 5.41) is 0. The second kappa shape index (κ2) is 4.25. The van der Waals surface area contributed by atoms with E-state index < -0.39 is 0 Å². The smallest absolute Gasteiger partial charge is 0.309 e. The number of esters is 2. The average Bonchev–Trinajstić information content (AvgIpc) is 2.98. The van der Waals surface area contributed by atoms with Gasteiger partial charge in [0.25, 0.3) is 0 Å². The molecular weight excluding hydrogens is 232 g/mol. The third-order valence-electron chi connectivity index (χ3n) is 5.31. The van der Waals surface area contributed by atoms with Gasteiger partial charge in [-0.2, -0.15) is 0 Å². The average molecular weight is 252 g/mol. The number of carbonyl (C=O) groups excluding carboxylic acids is 2. The summed E-state index contributed by atoms with van der Waals surface area (Å²) in [4.78, 5) is 23.1. The lowest BCUT2D eigenvalue weighted by molar-refractivity contribution is -0.157. The summed E-state index contributed by atoms with van der Waals surface area (Å²) in [5.74, 6) is 2.20. The quantitative estimate of drug-likeness (QED) is 0.703. The fraction of sp³-hybridized carbons (Fsp3) is 0.857. The monoisotopic (exact) mass is 252 g/mol. The van der Waals surface area contributed by atoms with Gasteiger partial charge in [-0.15, -0.1) is 0 Å². The van der Waals surface area contributed by atoms with Gasteiger partial charge in [0.05, 0.1) is 12.3 Å². The molecule has 1 aliphatic heterocycles. The van der Waals surface area contributed by atoms with Crippen LogP contribution >= 0.6 is 0 Å². The molecule has 3 aliphatic rings. The number of cyclic esters (lactones) is 1. The minimum atomic E-state index is -0.350. The molecule has 3 fully saturated rings. The van der Waals surface area contributed by atoms with Crippen LogP contribution < -0.4 is 0 Å². The standard InChI is InChI=1S/C14H20O4/c1-7-8(2)11-3-9(7)4-12(11)14(16)18-10-5-13(15)17-6-10/h7-12H,3-6H2,1-2H3. The molecule has 0 amide bonds. The van der Waals surface area contributed by atoms with Crippen molar-refractivity contribution in [1.29, 1.82) is 0 Å². The molecule has 1 heterocycles. The van der Waals surface area contributed by atoms with Crippen LogP contribution in [0.5, 0.6) is 0 Å². The molecule has 1 saturated heterocycles. The van der Waals surface area contributed by atoms with Gasteiger partial charge in [-0.1, -0.05) is 13.8 Å². The van der Waals surface area contributed by atoms with Gasteiger partial charge in [0.15, 0.2) is 0 Å². The molecular formula is C14H20O4. The first-order valence-corrected chi connectivity index (χ1v) is 6.92. The van der Waals surface area contributed by atoms with Crippen LogP contribution in [0.1, 0.15) is 33.1 Å². The number of hydrogen-bond acceptors (Lipinski definition) is 4. The van der Waals surface area contributed by atoms with Crippen LogP contribution in [-0.4, -0.2) is 24.6 Å². The molecule has 0 aromatic heterocycles. The van der Waals surface area contributed by atoms with Crippen molar-refractivity contribution >= 4 is 11.9 Å². The minimum absolute atomic E-state index is 0.0527. The molecule has 100 valence electrons. The lowest BCUT2D eigenvalue weighted by atomic mass is 9.76. The Morgan fingerprint density at radius 2 is 2.06 bits per heavy atom. The largest absolute Gasteiger partial charge is 0.462 e. The van der Waals surface area contributed by atoms with E-state index in [1.165, 1.54) is 6.42 Å². The molecule has 4 heteroatoms. The number of ether oxygens (including phenoxy) is 2. The van der Waals surface area contributed by atoms with Gasteiger partial charge in [0.2, 0.25) is 0 Å². The first-order chi connectivity index (χ1) is 8.56. The Bertz CT molecular complexity index is 376. The summed E-state index contributed by atoms with van der Waals surface area (Å²) in [6.07, 6.45) is 2.01. The van der Waals surface area contributed by atoms with Crippen molar-refractivity contribution < 1.29 is 19.1 Å². The van der Waals surface area contributed by atoms with Crippen LogP contribution in [0.2, 0.25) is 0 Å². The fourth-order valence-corrected chi connectivity index (χ4v) is 4.03. The van der Waals surface area contributed by atoms with Gasteiger partial charge in [0, 0.05) is 0 Å². The molecule has 0 N–H and O–H groups in total. The van der Waals surface area contributed by atoms with Gasteiger partial charge >= 0.3 is 11.9 Å². The molecule has 3 rings (SSSR count). The van der Waals surface area contributed by atoms with Crippen molar-refractivity contribution in [2.75, 3.05) is 6.61 Å². The molecule has 0 spiro atoms. The van der Waals surface area contributed by atoms with Gasteiger partial charge in [-0.25, -0.2) is 0 Å². The Labute approximate surface area is 107 Å². The Hall–Kier alpha value is -1.06. The van der Waals surface area contributed by atoms with E-state index in [1.807, 2.05) is 0 Å². The first-order valence-electron chi connectivity index (χ1n) is 6.92. The summed E-state index contributed by atoms with van der Waals surface area (Å²) in [6.45, 7) is 4.77. The SMILES string of the molecule is CC1C2CC(C(=O)OC3COC(=O)C3)C(C2)C1C. The van der Waals surface area contributed by atoms with E-state index in [1.54, 1.807) is 0 Å². The van der Waals surface area contributed by atoms with E-state index in [9.17, 15) is 9.59 Å². The molecule has 4 nitrogen and oxygen atoms in total. The highest BCUT2D eigenvalue weighted by molar-refractivity contribution is 5.76. The molecule has 2 bridgehead atoms. The lowest BCUT2D eigenvalue weighted by Crippen LogP contribution is -2.33.